The molecule has 1 N–H and O–H groups in total. The molecule has 3 nitrogen and oxygen atoms in total. The summed E-state index contributed by atoms with van der Waals surface area (Å²) in [5, 5.41) is 9.30. The maximum absolute atomic E-state index is 12.4. The number of phenolic OH excluding ortho intramolecular Hbond substituents is 1. The molecule has 2 aromatic carbocycles. The molecule has 0 saturated heterocycles. The Morgan fingerprint density at radius 3 is 2.32 bits per heavy atom. The van der Waals surface area contributed by atoms with Crippen LogP contribution in [0.3, 0.4) is 0 Å². The van der Waals surface area contributed by atoms with E-state index in [-0.39, 0.29) is 11.7 Å². The maximum atomic E-state index is 12.4. The Morgan fingerprint density at radius 1 is 1.11 bits per heavy atom. The predicted octanol–water partition coefficient (Wildman–Crippen LogP) is 3.23. The molecular formula is C16H15NO2. The SMILES string of the molecule is C=CCN(C(=O)c1ccccc1)c1ccc(O)cc1. The van der Waals surface area contributed by atoms with Gasteiger partial charge in [0.25, 0.3) is 5.91 Å². The van der Waals surface area contributed by atoms with Crippen LogP contribution >= 0.6 is 0 Å². The largest absolute Gasteiger partial charge is 0.508 e. The van der Waals surface area contributed by atoms with E-state index in [2.05, 4.69) is 6.58 Å². The first-order chi connectivity index (χ1) is 9.22. The number of rotatable bonds is 4. The summed E-state index contributed by atoms with van der Waals surface area (Å²) in [4.78, 5) is 14.0. The number of hydrogen-bond acceptors (Lipinski definition) is 2. The van der Waals surface area contributed by atoms with Crippen LogP contribution in [0.2, 0.25) is 0 Å². The molecule has 0 radical (unpaired) electrons. The first-order valence-electron chi connectivity index (χ1n) is 5.99. The molecular weight excluding hydrogens is 238 g/mol. The van der Waals surface area contributed by atoms with Crippen LogP contribution in [-0.4, -0.2) is 17.6 Å². The number of phenols is 1. The highest BCUT2D eigenvalue weighted by Crippen LogP contribution is 2.20. The summed E-state index contributed by atoms with van der Waals surface area (Å²) in [6, 6.07) is 15.6. The fraction of sp³-hybridized carbons (Fsp3) is 0.0625. The molecule has 19 heavy (non-hydrogen) atoms. The van der Waals surface area contributed by atoms with Crippen molar-refractivity contribution in [3.63, 3.8) is 0 Å². The zero-order chi connectivity index (χ0) is 13.7. The quantitative estimate of drug-likeness (QED) is 0.850. The van der Waals surface area contributed by atoms with E-state index in [9.17, 15) is 9.90 Å². The lowest BCUT2D eigenvalue weighted by Gasteiger charge is -2.21. The second-order valence-electron chi connectivity index (χ2n) is 4.09. The standard InChI is InChI=1S/C16H15NO2/c1-2-12-17(14-8-10-15(18)11-9-14)16(19)13-6-4-3-5-7-13/h2-11,18H,1,12H2. The van der Waals surface area contributed by atoms with Crippen molar-refractivity contribution in [2.24, 2.45) is 0 Å². The molecule has 0 unspecified atom stereocenters. The topological polar surface area (TPSA) is 40.5 Å². The summed E-state index contributed by atoms with van der Waals surface area (Å²) >= 11 is 0. The minimum atomic E-state index is -0.0915. The molecule has 0 heterocycles. The van der Waals surface area contributed by atoms with E-state index in [1.807, 2.05) is 18.2 Å². The molecule has 1 amide bonds. The number of carbonyl (C=O) groups is 1. The van der Waals surface area contributed by atoms with Gasteiger partial charge in [-0.25, -0.2) is 0 Å². The zero-order valence-corrected chi connectivity index (χ0v) is 10.5. The van der Waals surface area contributed by atoms with E-state index in [0.29, 0.717) is 12.1 Å². The van der Waals surface area contributed by atoms with Crippen LogP contribution in [0.4, 0.5) is 5.69 Å². The van der Waals surface area contributed by atoms with Gasteiger partial charge in [-0.1, -0.05) is 24.3 Å². The number of amides is 1. The van der Waals surface area contributed by atoms with Crippen molar-refractivity contribution in [1.82, 2.24) is 0 Å². The predicted molar refractivity (Wildman–Crippen MR) is 76.4 cm³/mol. The Kier molecular flexibility index (Phi) is 3.98. The molecule has 0 saturated carbocycles. The van der Waals surface area contributed by atoms with Gasteiger partial charge in [-0.3, -0.25) is 4.79 Å². The Morgan fingerprint density at radius 2 is 1.74 bits per heavy atom. The summed E-state index contributed by atoms with van der Waals surface area (Å²) in [5.41, 5.74) is 1.35. The molecule has 96 valence electrons. The minimum absolute atomic E-state index is 0.0915. The molecule has 0 aliphatic rings. The van der Waals surface area contributed by atoms with E-state index in [4.69, 9.17) is 0 Å². The Hall–Kier alpha value is -2.55. The van der Waals surface area contributed by atoms with E-state index in [0.717, 1.165) is 5.69 Å². The summed E-state index contributed by atoms with van der Waals surface area (Å²) in [7, 11) is 0. The maximum Gasteiger partial charge on any atom is 0.258 e. The molecule has 2 rings (SSSR count). The Labute approximate surface area is 112 Å². The number of anilines is 1. The normalized spacial score (nSPS) is 9.89. The monoisotopic (exact) mass is 253 g/mol. The van der Waals surface area contributed by atoms with Crippen LogP contribution in [0.1, 0.15) is 10.4 Å². The van der Waals surface area contributed by atoms with Crippen LogP contribution in [0.25, 0.3) is 0 Å². The molecule has 0 aromatic heterocycles. The minimum Gasteiger partial charge on any atom is -0.508 e. The van der Waals surface area contributed by atoms with Crippen LogP contribution in [0.5, 0.6) is 5.75 Å². The molecule has 0 aliphatic heterocycles. The van der Waals surface area contributed by atoms with Gasteiger partial charge in [-0.05, 0) is 36.4 Å². The van der Waals surface area contributed by atoms with E-state index < -0.39 is 0 Å². The Balaban J connectivity index is 2.32. The summed E-state index contributed by atoms with van der Waals surface area (Å²) in [6.45, 7) is 4.09. The number of aromatic hydroxyl groups is 1. The van der Waals surface area contributed by atoms with Gasteiger partial charge in [0, 0.05) is 17.8 Å². The van der Waals surface area contributed by atoms with E-state index >= 15 is 0 Å². The highest BCUT2D eigenvalue weighted by atomic mass is 16.3. The van der Waals surface area contributed by atoms with Crippen LogP contribution in [-0.2, 0) is 0 Å². The summed E-state index contributed by atoms with van der Waals surface area (Å²) < 4.78 is 0. The molecule has 2 aromatic rings. The van der Waals surface area contributed by atoms with Gasteiger partial charge in [0.1, 0.15) is 5.75 Å². The molecule has 0 bridgehead atoms. The van der Waals surface area contributed by atoms with Gasteiger partial charge >= 0.3 is 0 Å². The molecule has 0 fully saturated rings. The highest BCUT2D eigenvalue weighted by molar-refractivity contribution is 6.06. The third-order valence-corrected chi connectivity index (χ3v) is 2.74. The number of carbonyl (C=O) groups excluding carboxylic acids is 1. The van der Waals surface area contributed by atoms with Crippen molar-refractivity contribution in [3.05, 3.63) is 72.8 Å². The van der Waals surface area contributed by atoms with Gasteiger partial charge in [-0.15, -0.1) is 6.58 Å². The lowest BCUT2D eigenvalue weighted by molar-refractivity contribution is 0.0989. The first-order valence-corrected chi connectivity index (χ1v) is 5.99. The smallest absolute Gasteiger partial charge is 0.258 e. The molecule has 0 aliphatic carbocycles. The fourth-order valence-corrected chi connectivity index (χ4v) is 1.80. The first kappa shape index (κ1) is 12.9. The number of hydrogen-bond donors (Lipinski definition) is 1. The van der Waals surface area contributed by atoms with E-state index in [1.165, 1.54) is 0 Å². The van der Waals surface area contributed by atoms with Gasteiger partial charge in [-0.2, -0.15) is 0 Å². The number of benzene rings is 2. The average molecular weight is 253 g/mol. The van der Waals surface area contributed by atoms with E-state index in [1.54, 1.807) is 47.4 Å². The molecule has 0 atom stereocenters. The third-order valence-electron chi connectivity index (χ3n) is 2.74. The average Bonchev–Trinajstić information content (AvgIpc) is 2.46. The zero-order valence-electron chi connectivity index (χ0n) is 10.5. The second-order valence-corrected chi connectivity index (χ2v) is 4.09. The van der Waals surface area contributed by atoms with Crippen LogP contribution < -0.4 is 4.90 Å². The lowest BCUT2D eigenvalue weighted by atomic mass is 10.1. The Bertz CT molecular complexity index is 561. The lowest BCUT2D eigenvalue weighted by Crippen LogP contribution is -2.30. The van der Waals surface area contributed by atoms with Crippen molar-refractivity contribution in [2.75, 3.05) is 11.4 Å². The molecule has 0 spiro atoms. The fourth-order valence-electron chi connectivity index (χ4n) is 1.80. The van der Waals surface area contributed by atoms with Gasteiger partial charge in [0.2, 0.25) is 0 Å². The highest BCUT2D eigenvalue weighted by Gasteiger charge is 2.15. The van der Waals surface area contributed by atoms with Crippen molar-refractivity contribution in [2.45, 2.75) is 0 Å². The summed E-state index contributed by atoms with van der Waals surface area (Å²) in [6.07, 6.45) is 1.67. The van der Waals surface area contributed by atoms with Gasteiger partial charge < -0.3 is 10.0 Å². The van der Waals surface area contributed by atoms with Crippen molar-refractivity contribution in [1.29, 1.82) is 0 Å². The van der Waals surface area contributed by atoms with Crippen molar-refractivity contribution in [3.8, 4) is 5.75 Å². The second kappa shape index (κ2) is 5.87. The van der Waals surface area contributed by atoms with Crippen molar-refractivity contribution < 1.29 is 9.90 Å². The third kappa shape index (κ3) is 3.01. The van der Waals surface area contributed by atoms with Crippen molar-refractivity contribution >= 4 is 11.6 Å². The number of nitrogens with zero attached hydrogens (tertiary/aromatic N) is 1. The van der Waals surface area contributed by atoms with Gasteiger partial charge in [0.15, 0.2) is 0 Å². The van der Waals surface area contributed by atoms with Crippen LogP contribution in [0, 0.1) is 0 Å². The van der Waals surface area contributed by atoms with Crippen LogP contribution in [0.15, 0.2) is 67.3 Å². The van der Waals surface area contributed by atoms with Gasteiger partial charge in [0.05, 0.1) is 0 Å². The molecule has 3 heteroatoms. The summed E-state index contributed by atoms with van der Waals surface area (Å²) in [5.74, 6) is 0.0839.